The Labute approximate surface area is 158 Å². The minimum atomic E-state index is 0.480. The van der Waals surface area contributed by atoms with E-state index in [-0.39, 0.29) is 0 Å². The van der Waals surface area contributed by atoms with Crippen LogP contribution >= 0.6 is 0 Å². The Morgan fingerprint density at radius 1 is 0.889 bits per heavy atom. The second-order valence-corrected chi connectivity index (χ2v) is 6.05. The fourth-order valence-corrected chi connectivity index (χ4v) is 2.65. The summed E-state index contributed by atoms with van der Waals surface area (Å²) in [7, 11) is 3.24. The summed E-state index contributed by atoms with van der Waals surface area (Å²) < 4.78 is 10.6. The van der Waals surface area contributed by atoms with E-state index in [9.17, 15) is 0 Å². The lowest BCUT2D eigenvalue weighted by Gasteiger charge is -2.11. The highest BCUT2D eigenvalue weighted by molar-refractivity contribution is 5.44. The number of hydrogen-bond acceptors (Lipinski definition) is 7. The van der Waals surface area contributed by atoms with Crippen molar-refractivity contribution in [2.24, 2.45) is 0 Å². The van der Waals surface area contributed by atoms with Crippen molar-refractivity contribution in [3.8, 4) is 11.5 Å². The number of nitrogens with one attached hydrogen (secondary N) is 2. The Morgan fingerprint density at radius 3 is 2.44 bits per heavy atom. The lowest BCUT2D eigenvalue weighted by atomic mass is 10.1. The largest absolute Gasteiger partial charge is 0.493 e. The molecule has 0 fully saturated rings. The third kappa shape index (κ3) is 5.07. The molecule has 0 aliphatic carbocycles. The molecule has 3 rings (SSSR count). The van der Waals surface area contributed by atoms with Crippen LogP contribution in [0.25, 0.3) is 0 Å². The first-order valence-electron chi connectivity index (χ1n) is 8.62. The highest BCUT2D eigenvalue weighted by atomic mass is 16.5. The van der Waals surface area contributed by atoms with Gasteiger partial charge >= 0.3 is 0 Å². The quantitative estimate of drug-likeness (QED) is 0.633. The Bertz CT molecular complexity index is 901. The van der Waals surface area contributed by atoms with Crippen molar-refractivity contribution >= 4 is 11.8 Å². The van der Waals surface area contributed by atoms with Gasteiger partial charge in [0.1, 0.15) is 0 Å². The normalized spacial score (nSPS) is 10.3. The zero-order valence-corrected chi connectivity index (χ0v) is 15.7. The first-order valence-corrected chi connectivity index (χ1v) is 8.62. The van der Waals surface area contributed by atoms with Gasteiger partial charge in [0, 0.05) is 13.1 Å². The van der Waals surface area contributed by atoms with Crippen LogP contribution < -0.4 is 20.1 Å². The Kier molecular flexibility index (Phi) is 6.04. The van der Waals surface area contributed by atoms with Crippen molar-refractivity contribution in [2.45, 2.75) is 20.0 Å². The predicted octanol–water partition coefficient (Wildman–Crippen LogP) is 3.42. The van der Waals surface area contributed by atoms with E-state index >= 15 is 0 Å². The van der Waals surface area contributed by atoms with Crippen molar-refractivity contribution in [1.29, 1.82) is 0 Å². The topological polar surface area (TPSA) is 81.2 Å². The van der Waals surface area contributed by atoms with Crippen molar-refractivity contribution in [3.63, 3.8) is 0 Å². The molecule has 1 heterocycles. The standard InChI is InChI=1S/C20H23N5O2/c1-14-5-4-6-15(9-14)12-22-20-24-19(13-23-25-20)21-11-16-7-8-17(26-2)18(10-16)27-3/h4-10,13H,11-12H2,1-3H3,(H2,21,22,24,25). The van der Waals surface area contributed by atoms with Gasteiger partial charge in [-0.1, -0.05) is 35.9 Å². The number of methoxy groups -OCH3 is 2. The summed E-state index contributed by atoms with van der Waals surface area (Å²) in [6.07, 6.45) is 1.60. The molecule has 0 spiro atoms. The molecule has 7 heteroatoms. The average Bonchev–Trinajstić information content (AvgIpc) is 2.71. The highest BCUT2D eigenvalue weighted by Gasteiger charge is 2.06. The highest BCUT2D eigenvalue weighted by Crippen LogP contribution is 2.27. The van der Waals surface area contributed by atoms with Gasteiger partial charge in [0.15, 0.2) is 17.3 Å². The lowest BCUT2D eigenvalue weighted by molar-refractivity contribution is 0.354. The van der Waals surface area contributed by atoms with E-state index in [1.807, 2.05) is 24.3 Å². The smallest absolute Gasteiger partial charge is 0.244 e. The van der Waals surface area contributed by atoms with Gasteiger partial charge in [0.25, 0.3) is 0 Å². The second kappa shape index (κ2) is 8.84. The van der Waals surface area contributed by atoms with Gasteiger partial charge in [0.2, 0.25) is 5.95 Å². The van der Waals surface area contributed by atoms with E-state index in [1.165, 1.54) is 11.1 Å². The fraction of sp³-hybridized carbons (Fsp3) is 0.250. The maximum Gasteiger partial charge on any atom is 0.244 e. The molecule has 2 aromatic carbocycles. The summed E-state index contributed by atoms with van der Waals surface area (Å²) in [5.74, 6) is 2.52. The molecular weight excluding hydrogens is 342 g/mol. The van der Waals surface area contributed by atoms with Crippen LogP contribution in [0.2, 0.25) is 0 Å². The molecule has 0 unspecified atom stereocenters. The molecule has 7 nitrogen and oxygen atoms in total. The van der Waals surface area contributed by atoms with Crippen molar-refractivity contribution in [3.05, 3.63) is 65.4 Å². The molecule has 0 bridgehead atoms. The van der Waals surface area contributed by atoms with Crippen molar-refractivity contribution < 1.29 is 9.47 Å². The van der Waals surface area contributed by atoms with E-state index in [1.54, 1.807) is 20.4 Å². The molecule has 27 heavy (non-hydrogen) atoms. The molecule has 0 atom stereocenters. The monoisotopic (exact) mass is 365 g/mol. The van der Waals surface area contributed by atoms with Gasteiger partial charge in [-0.3, -0.25) is 0 Å². The summed E-state index contributed by atoms with van der Waals surface area (Å²) in [5.41, 5.74) is 3.43. The fourth-order valence-electron chi connectivity index (χ4n) is 2.65. The average molecular weight is 365 g/mol. The minimum Gasteiger partial charge on any atom is -0.493 e. The maximum absolute atomic E-state index is 5.33. The zero-order valence-electron chi connectivity index (χ0n) is 15.7. The molecule has 0 radical (unpaired) electrons. The van der Waals surface area contributed by atoms with E-state index < -0.39 is 0 Å². The van der Waals surface area contributed by atoms with Gasteiger partial charge in [-0.15, -0.1) is 5.10 Å². The first kappa shape index (κ1) is 18.4. The van der Waals surface area contributed by atoms with Crippen LogP contribution in [0.15, 0.2) is 48.7 Å². The predicted molar refractivity (Wildman–Crippen MR) is 105 cm³/mol. The molecule has 3 aromatic rings. The Hall–Kier alpha value is -3.35. The molecule has 0 saturated carbocycles. The van der Waals surface area contributed by atoms with E-state index in [4.69, 9.17) is 9.47 Å². The van der Waals surface area contributed by atoms with Crippen molar-refractivity contribution in [1.82, 2.24) is 15.2 Å². The van der Waals surface area contributed by atoms with Gasteiger partial charge in [-0.25, -0.2) is 0 Å². The minimum absolute atomic E-state index is 0.480. The van der Waals surface area contributed by atoms with Crippen LogP contribution in [0, 0.1) is 6.92 Å². The third-order valence-electron chi connectivity index (χ3n) is 4.01. The number of aryl methyl sites for hydroxylation is 1. The number of hydrogen-bond donors (Lipinski definition) is 2. The molecule has 0 amide bonds. The number of rotatable bonds is 8. The van der Waals surface area contributed by atoms with Crippen LogP contribution in [0.4, 0.5) is 11.8 Å². The van der Waals surface area contributed by atoms with Crippen LogP contribution in [-0.4, -0.2) is 29.4 Å². The number of ether oxygens (including phenoxy) is 2. The first-order chi connectivity index (χ1) is 13.2. The summed E-state index contributed by atoms with van der Waals surface area (Å²) >= 11 is 0. The summed E-state index contributed by atoms with van der Waals surface area (Å²) in [4.78, 5) is 4.45. The van der Waals surface area contributed by atoms with Gasteiger partial charge in [-0.05, 0) is 30.2 Å². The Balaban J connectivity index is 1.60. The summed E-state index contributed by atoms with van der Waals surface area (Å²) in [6, 6.07) is 14.1. The van der Waals surface area contributed by atoms with Crippen LogP contribution in [0.3, 0.4) is 0 Å². The Morgan fingerprint density at radius 2 is 1.67 bits per heavy atom. The molecule has 1 aromatic heterocycles. The number of benzene rings is 2. The molecule has 2 N–H and O–H groups in total. The SMILES string of the molecule is COc1ccc(CNc2cnnc(NCc3cccc(C)c3)n2)cc1OC. The molecular formula is C20H23N5O2. The number of nitrogens with zero attached hydrogens (tertiary/aromatic N) is 3. The number of anilines is 2. The van der Waals surface area contributed by atoms with E-state index in [0.717, 1.165) is 5.56 Å². The lowest BCUT2D eigenvalue weighted by Crippen LogP contribution is -2.08. The zero-order chi connectivity index (χ0) is 19.1. The third-order valence-corrected chi connectivity index (χ3v) is 4.01. The molecule has 140 valence electrons. The number of aromatic nitrogens is 3. The van der Waals surface area contributed by atoms with E-state index in [2.05, 4.69) is 50.9 Å². The van der Waals surface area contributed by atoms with Gasteiger partial charge < -0.3 is 20.1 Å². The van der Waals surface area contributed by atoms with Gasteiger partial charge in [0.05, 0.1) is 20.4 Å². The molecule has 0 saturated heterocycles. The van der Waals surface area contributed by atoms with Crippen LogP contribution in [0.1, 0.15) is 16.7 Å². The van der Waals surface area contributed by atoms with Crippen LogP contribution in [-0.2, 0) is 13.1 Å². The summed E-state index contributed by atoms with van der Waals surface area (Å²) in [5, 5.41) is 14.5. The maximum atomic E-state index is 5.33. The summed E-state index contributed by atoms with van der Waals surface area (Å²) in [6.45, 7) is 3.29. The van der Waals surface area contributed by atoms with E-state index in [0.29, 0.717) is 36.4 Å². The van der Waals surface area contributed by atoms with Crippen molar-refractivity contribution in [2.75, 3.05) is 24.9 Å². The second-order valence-electron chi connectivity index (χ2n) is 6.05. The molecule has 0 aliphatic heterocycles. The van der Waals surface area contributed by atoms with Gasteiger partial charge in [-0.2, -0.15) is 10.1 Å². The van der Waals surface area contributed by atoms with Crippen LogP contribution in [0.5, 0.6) is 11.5 Å². The molecule has 0 aliphatic rings.